The standard InChI is InChI=1S/C10H20O2/c1-3-12-8-10(2)7-5-4-6-9(10)11/h9,11H,3-8H2,1-2H3/t9-,10-/m0/s1. The highest BCUT2D eigenvalue weighted by Gasteiger charge is 2.35. The van der Waals surface area contributed by atoms with Gasteiger partial charge in [0, 0.05) is 12.0 Å². The van der Waals surface area contributed by atoms with E-state index in [1.54, 1.807) is 0 Å². The summed E-state index contributed by atoms with van der Waals surface area (Å²) in [5, 5.41) is 9.77. The lowest BCUT2D eigenvalue weighted by atomic mass is 9.74. The monoisotopic (exact) mass is 172 g/mol. The summed E-state index contributed by atoms with van der Waals surface area (Å²) in [6.45, 7) is 5.60. The van der Waals surface area contributed by atoms with Crippen molar-refractivity contribution in [1.82, 2.24) is 0 Å². The van der Waals surface area contributed by atoms with Crippen molar-refractivity contribution in [3.8, 4) is 0 Å². The van der Waals surface area contributed by atoms with E-state index in [9.17, 15) is 5.11 Å². The number of hydrogen-bond donors (Lipinski definition) is 1. The first-order valence-corrected chi connectivity index (χ1v) is 4.95. The normalized spacial score (nSPS) is 36.8. The maximum Gasteiger partial charge on any atom is 0.0615 e. The summed E-state index contributed by atoms with van der Waals surface area (Å²) in [6.07, 6.45) is 4.30. The molecule has 2 heteroatoms. The van der Waals surface area contributed by atoms with E-state index in [1.165, 1.54) is 12.8 Å². The van der Waals surface area contributed by atoms with Crippen LogP contribution in [0.4, 0.5) is 0 Å². The molecule has 1 rings (SSSR count). The second kappa shape index (κ2) is 4.24. The Labute approximate surface area is 74.9 Å². The van der Waals surface area contributed by atoms with Crippen molar-refractivity contribution in [2.75, 3.05) is 13.2 Å². The zero-order chi connectivity index (χ0) is 9.03. The summed E-state index contributed by atoms with van der Waals surface area (Å²) in [4.78, 5) is 0. The first kappa shape index (κ1) is 10.0. The van der Waals surface area contributed by atoms with Crippen molar-refractivity contribution in [2.45, 2.75) is 45.6 Å². The predicted molar refractivity (Wildman–Crippen MR) is 49.1 cm³/mol. The van der Waals surface area contributed by atoms with E-state index >= 15 is 0 Å². The Balaban J connectivity index is 2.42. The van der Waals surface area contributed by atoms with Gasteiger partial charge in [0.2, 0.25) is 0 Å². The van der Waals surface area contributed by atoms with E-state index in [-0.39, 0.29) is 11.5 Å². The molecule has 2 atom stereocenters. The zero-order valence-corrected chi connectivity index (χ0v) is 8.18. The van der Waals surface area contributed by atoms with Gasteiger partial charge in [0.15, 0.2) is 0 Å². The van der Waals surface area contributed by atoms with Crippen LogP contribution in [-0.2, 0) is 4.74 Å². The summed E-state index contributed by atoms with van der Waals surface area (Å²) in [7, 11) is 0. The highest BCUT2D eigenvalue weighted by Crippen LogP contribution is 2.36. The molecule has 0 aromatic rings. The largest absolute Gasteiger partial charge is 0.392 e. The van der Waals surface area contributed by atoms with Crippen LogP contribution in [0, 0.1) is 5.41 Å². The Morgan fingerprint density at radius 2 is 2.25 bits per heavy atom. The minimum Gasteiger partial charge on any atom is -0.392 e. The second-order valence-corrected chi connectivity index (χ2v) is 4.05. The lowest BCUT2D eigenvalue weighted by Crippen LogP contribution is -2.39. The molecule has 1 saturated carbocycles. The molecule has 0 saturated heterocycles. The lowest BCUT2D eigenvalue weighted by Gasteiger charge is -2.38. The molecule has 1 N–H and O–H groups in total. The maximum absolute atomic E-state index is 9.77. The first-order valence-electron chi connectivity index (χ1n) is 4.95. The Hall–Kier alpha value is -0.0800. The molecule has 0 bridgehead atoms. The van der Waals surface area contributed by atoms with Crippen LogP contribution in [0.25, 0.3) is 0 Å². The Morgan fingerprint density at radius 3 is 2.83 bits per heavy atom. The van der Waals surface area contributed by atoms with Crippen LogP contribution in [0.2, 0.25) is 0 Å². The van der Waals surface area contributed by atoms with Crippen LogP contribution in [0.15, 0.2) is 0 Å². The van der Waals surface area contributed by atoms with E-state index in [2.05, 4.69) is 6.92 Å². The van der Waals surface area contributed by atoms with Gasteiger partial charge in [-0.3, -0.25) is 0 Å². The van der Waals surface area contributed by atoms with Crippen LogP contribution in [-0.4, -0.2) is 24.4 Å². The molecule has 72 valence electrons. The van der Waals surface area contributed by atoms with Crippen LogP contribution >= 0.6 is 0 Å². The van der Waals surface area contributed by atoms with E-state index in [0.29, 0.717) is 6.61 Å². The Kier molecular flexibility index (Phi) is 3.53. The quantitative estimate of drug-likeness (QED) is 0.705. The van der Waals surface area contributed by atoms with Crippen molar-refractivity contribution in [2.24, 2.45) is 5.41 Å². The van der Waals surface area contributed by atoms with Crippen molar-refractivity contribution in [3.05, 3.63) is 0 Å². The molecule has 0 unspecified atom stereocenters. The molecule has 1 fully saturated rings. The molecular weight excluding hydrogens is 152 g/mol. The molecule has 1 aliphatic carbocycles. The van der Waals surface area contributed by atoms with Gasteiger partial charge in [-0.05, 0) is 19.8 Å². The van der Waals surface area contributed by atoms with Gasteiger partial charge in [-0.1, -0.05) is 19.8 Å². The highest BCUT2D eigenvalue weighted by molar-refractivity contribution is 4.85. The predicted octanol–water partition coefficient (Wildman–Crippen LogP) is 1.96. The average molecular weight is 172 g/mol. The van der Waals surface area contributed by atoms with E-state index in [4.69, 9.17) is 4.74 Å². The average Bonchev–Trinajstić information content (AvgIpc) is 2.07. The summed E-state index contributed by atoms with van der Waals surface area (Å²) in [5.41, 5.74) is 0.0221. The number of ether oxygens (including phenoxy) is 1. The van der Waals surface area contributed by atoms with Gasteiger partial charge in [-0.2, -0.15) is 0 Å². The highest BCUT2D eigenvalue weighted by atomic mass is 16.5. The number of rotatable bonds is 3. The molecule has 0 amide bonds. The molecule has 0 aliphatic heterocycles. The molecule has 0 spiro atoms. The van der Waals surface area contributed by atoms with Gasteiger partial charge >= 0.3 is 0 Å². The van der Waals surface area contributed by atoms with Crippen LogP contribution in [0.1, 0.15) is 39.5 Å². The molecule has 1 aliphatic rings. The van der Waals surface area contributed by atoms with E-state index in [1.807, 2.05) is 6.92 Å². The third-order valence-corrected chi connectivity index (χ3v) is 2.92. The van der Waals surface area contributed by atoms with Crippen molar-refractivity contribution in [1.29, 1.82) is 0 Å². The van der Waals surface area contributed by atoms with Crippen molar-refractivity contribution < 1.29 is 9.84 Å². The molecule has 0 aromatic carbocycles. The molecular formula is C10H20O2. The maximum atomic E-state index is 9.77. The molecule has 0 aromatic heterocycles. The van der Waals surface area contributed by atoms with Crippen LogP contribution in [0.5, 0.6) is 0 Å². The number of aliphatic hydroxyl groups excluding tert-OH is 1. The van der Waals surface area contributed by atoms with E-state index < -0.39 is 0 Å². The smallest absolute Gasteiger partial charge is 0.0615 e. The van der Waals surface area contributed by atoms with Crippen molar-refractivity contribution in [3.63, 3.8) is 0 Å². The number of aliphatic hydroxyl groups is 1. The molecule has 0 radical (unpaired) electrons. The fourth-order valence-electron chi connectivity index (χ4n) is 1.89. The third-order valence-electron chi connectivity index (χ3n) is 2.92. The van der Waals surface area contributed by atoms with Gasteiger partial charge in [-0.25, -0.2) is 0 Å². The fraction of sp³-hybridized carbons (Fsp3) is 1.00. The minimum atomic E-state index is -0.155. The zero-order valence-electron chi connectivity index (χ0n) is 8.18. The summed E-state index contributed by atoms with van der Waals surface area (Å²) >= 11 is 0. The van der Waals surface area contributed by atoms with Crippen LogP contribution < -0.4 is 0 Å². The minimum absolute atomic E-state index is 0.0221. The lowest BCUT2D eigenvalue weighted by molar-refractivity contribution is -0.0560. The first-order chi connectivity index (χ1) is 5.69. The molecule has 0 heterocycles. The Morgan fingerprint density at radius 1 is 1.50 bits per heavy atom. The number of hydrogen-bond acceptors (Lipinski definition) is 2. The van der Waals surface area contributed by atoms with Gasteiger partial charge in [0.05, 0.1) is 12.7 Å². The topological polar surface area (TPSA) is 29.5 Å². The third kappa shape index (κ3) is 2.20. The summed E-state index contributed by atoms with van der Waals surface area (Å²) in [6, 6.07) is 0. The van der Waals surface area contributed by atoms with Gasteiger partial charge in [-0.15, -0.1) is 0 Å². The summed E-state index contributed by atoms with van der Waals surface area (Å²) < 4.78 is 5.39. The van der Waals surface area contributed by atoms with Crippen molar-refractivity contribution >= 4 is 0 Å². The van der Waals surface area contributed by atoms with E-state index in [0.717, 1.165) is 19.4 Å². The van der Waals surface area contributed by atoms with Gasteiger partial charge in [0.1, 0.15) is 0 Å². The van der Waals surface area contributed by atoms with Gasteiger partial charge < -0.3 is 9.84 Å². The Bertz CT molecular complexity index is 136. The fourth-order valence-corrected chi connectivity index (χ4v) is 1.89. The SMILES string of the molecule is CCOC[C@]1(C)CCCC[C@@H]1O. The molecule has 12 heavy (non-hydrogen) atoms. The van der Waals surface area contributed by atoms with Gasteiger partial charge in [0.25, 0.3) is 0 Å². The summed E-state index contributed by atoms with van der Waals surface area (Å²) in [5.74, 6) is 0. The second-order valence-electron chi connectivity index (χ2n) is 4.05. The van der Waals surface area contributed by atoms with Crippen LogP contribution in [0.3, 0.4) is 0 Å². The molecule has 2 nitrogen and oxygen atoms in total.